The van der Waals surface area contributed by atoms with Crippen LogP contribution in [0.4, 0.5) is 8.78 Å². The standard InChI is InChI=1S/C17H14F2N4O2S2/c18-16(19)27(24,25)14-7-5-13(6-8-14)26-17-22-21-15(23(17)12-3-4-12)11-2-1-9-20-10-11/h1-2,5-10,12,16H,3-4H2. The highest BCUT2D eigenvalue weighted by Gasteiger charge is 2.30. The van der Waals surface area contributed by atoms with Gasteiger partial charge in [0.05, 0.1) is 4.90 Å². The van der Waals surface area contributed by atoms with Gasteiger partial charge < -0.3 is 0 Å². The average Bonchev–Trinajstić information content (AvgIpc) is 3.43. The Hall–Kier alpha value is -2.33. The maximum absolute atomic E-state index is 12.6. The van der Waals surface area contributed by atoms with Gasteiger partial charge in [0.1, 0.15) is 0 Å². The van der Waals surface area contributed by atoms with E-state index in [4.69, 9.17) is 0 Å². The lowest BCUT2D eigenvalue weighted by Crippen LogP contribution is -2.11. The number of sulfone groups is 1. The van der Waals surface area contributed by atoms with Crippen molar-refractivity contribution < 1.29 is 17.2 Å². The third-order valence-electron chi connectivity index (χ3n) is 4.09. The first-order valence-corrected chi connectivity index (χ1v) is 10.5. The Balaban J connectivity index is 1.63. The van der Waals surface area contributed by atoms with E-state index in [9.17, 15) is 17.2 Å². The lowest BCUT2D eigenvalue weighted by Gasteiger charge is -2.09. The molecule has 0 amide bonds. The van der Waals surface area contributed by atoms with E-state index >= 15 is 0 Å². The van der Waals surface area contributed by atoms with Gasteiger partial charge in [0.25, 0.3) is 0 Å². The molecule has 0 atom stereocenters. The van der Waals surface area contributed by atoms with Crippen LogP contribution in [-0.2, 0) is 9.84 Å². The number of alkyl halides is 2. The van der Waals surface area contributed by atoms with Crippen LogP contribution in [0.1, 0.15) is 18.9 Å². The number of hydrogen-bond acceptors (Lipinski definition) is 6. The molecule has 2 aromatic heterocycles. The molecule has 0 saturated heterocycles. The van der Waals surface area contributed by atoms with Crippen LogP contribution in [0.3, 0.4) is 0 Å². The Bertz CT molecular complexity index is 1050. The van der Waals surface area contributed by atoms with Crippen molar-refractivity contribution in [2.45, 2.75) is 39.6 Å². The van der Waals surface area contributed by atoms with Crippen LogP contribution in [0.2, 0.25) is 0 Å². The van der Waals surface area contributed by atoms with Crippen LogP contribution in [0.15, 0.2) is 63.7 Å². The lowest BCUT2D eigenvalue weighted by atomic mass is 10.3. The van der Waals surface area contributed by atoms with Crippen molar-refractivity contribution in [1.29, 1.82) is 0 Å². The highest BCUT2D eigenvalue weighted by molar-refractivity contribution is 7.99. The van der Waals surface area contributed by atoms with E-state index < -0.39 is 20.5 Å². The van der Waals surface area contributed by atoms with Crippen LogP contribution in [-0.4, -0.2) is 33.9 Å². The number of nitrogens with zero attached hydrogens (tertiary/aromatic N) is 4. The van der Waals surface area contributed by atoms with E-state index in [1.165, 1.54) is 36.0 Å². The van der Waals surface area contributed by atoms with E-state index in [-0.39, 0.29) is 0 Å². The summed E-state index contributed by atoms with van der Waals surface area (Å²) in [7, 11) is -4.59. The average molecular weight is 408 g/mol. The molecule has 140 valence electrons. The van der Waals surface area contributed by atoms with Crippen molar-refractivity contribution in [3.05, 3.63) is 48.8 Å². The molecular formula is C17H14F2N4O2S2. The van der Waals surface area contributed by atoms with E-state index in [1.54, 1.807) is 12.4 Å². The summed E-state index contributed by atoms with van der Waals surface area (Å²) in [4.78, 5) is 4.40. The molecule has 27 heavy (non-hydrogen) atoms. The summed E-state index contributed by atoms with van der Waals surface area (Å²) in [6, 6.07) is 9.42. The molecule has 3 aromatic rings. The summed E-state index contributed by atoms with van der Waals surface area (Å²) in [5.74, 6) is -2.71. The predicted octanol–water partition coefficient (Wildman–Crippen LogP) is 3.82. The first-order chi connectivity index (χ1) is 13.0. The van der Waals surface area contributed by atoms with Crippen molar-refractivity contribution in [3.63, 3.8) is 0 Å². The van der Waals surface area contributed by atoms with Crippen molar-refractivity contribution in [2.24, 2.45) is 0 Å². The van der Waals surface area contributed by atoms with Gasteiger partial charge in [0.15, 0.2) is 11.0 Å². The van der Waals surface area contributed by atoms with Gasteiger partial charge in [0, 0.05) is 28.9 Å². The Morgan fingerprint density at radius 1 is 1.11 bits per heavy atom. The van der Waals surface area contributed by atoms with Crippen molar-refractivity contribution in [1.82, 2.24) is 19.7 Å². The van der Waals surface area contributed by atoms with Crippen LogP contribution < -0.4 is 0 Å². The molecule has 0 bridgehead atoms. The Labute approximate surface area is 158 Å². The smallest absolute Gasteiger partial charge is 0.299 e. The molecule has 10 heteroatoms. The number of hydrogen-bond donors (Lipinski definition) is 0. The highest BCUT2D eigenvalue weighted by Crippen LogP contribution is 2.42. The predicted molar refractivity (Wildman–Crippen MR) is 95.3 cm³/mol. The van der Waals surface area contributed by atoms with Crippen LogP contribution in [0.5, 0.6) is 0 Å². The molecule has 0 aliphatic heterocycles. The zero-order chi connectivity index (χ0) is 19.0. The fourth-order valence-corrected chi connectivity index (χ4v) is 4.23. The molecule has 2 heterocycles. The van der Waals surface area contributed by atoms with Gasteiger partial charge in [-0.15, -0.1) is 10.2 Å². The second kappa shape index (κ2) is 7.01. The van der Waals surface area contributed by atoms with Gasteiger partial charge in [0.2, 0.25) is 9.84 Å². The van der Waals surface area contributed by atoms with Crippen LogP contribution >= 0.6 is 11.8 Å². The minimum absolute atomic E-state index is 0.316. The molecule has 4 rings (SSSR count). The maximum atomic E-state index is 12.6. The van der Waals surface area contributed by atoms with Gasteiger partial charge in [-0.25, -0.2) is 8.42 Å². The molecule has 6 nitrogen and oxygen atoms in total. The third kappa shape index (κ3) is 3.59. The molecule has 1 fully saturated rings. The Morgan fingerprint density at radius 2 is 1.85 bits per heavy atom. The first kappa shape index (κ1) is 18.1. The number of halogens is 2. The van der Waals surface area contributed by atoms with Gasteiger partial charge in [-0.3, -0.25) is 9.55 Å². The zero-order valence-corrected chi connectivity index (χ0v) is 15.5. The topological polar surface area (TPSA) is 77.7 Å². The maximum Gasteiger partial charge on any atom is 0.341 e. The summed E-state index contributed by atoms with van der Waals surface area (Å²) in [6.45, 7) is 0. The first-order valence-electron chi connectivity index (χ1n) is 8.12. The molecule has 1 saturated carbocycles. The Kier molecular flexibility index (Phi) is 4.68. The van der Waals surface area contributed by atoms with Crippen LogP contribution in [0.25, 0.3) is 11.4 Å². The number of aromatic nitrogens is 4. The van der Waals surface area contributed by atoms with Gasteiger partial charge in [-0.05, 0) is 61.0 Å². The summed E-state index contributed by atoms with van der Waals surface area (Å²) in [5.41, 5.74) is 0.863. The monoisotopic (exact) mass is 408 g/mol. The molecule has 0 N–H and O–H groups in total. The van der Waals surface area contributed by atoms with E-state index in [0.717, 1.165) is 24.2 Å². The van der Waals surface area contributed by atoms with Gasteiger partial charge in [-0.1, -0.05) is 0 Å². The fraction of sp³-hybridized carbons (Fsp3) is 0.235. The number of benzene rings is 1. The van der Waals surface area contributed by atoms with Gasteiger partial charge >= 0.3 is 5.76 Å². The minimum Gasteiger partial charge on any atom is -0.299 e. The quantitative estimate of drug-likeness (QED) is 0.617. The van der Waals surface area contributed by atoms with E-state index in [2.05, 4.69) is 15.2 Å². The summed E-state index contributed by atoms with van der Waals surface area (Å²) < 4.78 is 50.4. The second-order valence-electron chi connectivity index (χ2n) is 6.03. The molecule has 1 aliphatic rings. The largest absolute Gasteiger partial charge is 0.341 e. The van der Waals surface area contributed by atoms with E-state index in [0.29, 0.717) is 16.1 Å². The van der Waals surface area contributed by atoms with Gasteiger partial charge in [-0.2, -0.15) is 8.78 Å². The summed E-state index contributed by atoms with van der Waals surface area (Å²) in [5, 5.41) is 9.21. The number of rotatable bonds is 6. The third-order valence-corrected chi connectivity index (χ3v) is 6.46. The summed E-state index contributed by atoms with van der Waals surface area (Å²) in [6.07, 6.45) is 5.47. The summed E-state index contributed by atoms with van der Waals surface area (Å²) >= 11 is 1.31. The van der Waals surface area contributed by atoms with Crippen molar-refractivity contribution in [3.8, 4) is 11.4 Å². The van der Waals surface area contributed by atoms with Crippen molar-refractivity contribution in [2.75, 3.05) is 0 Å². The molecule has 1 aromatic carbocycles. The highest BCUT2D eigenvalue weighted by atomic mass is 32.2. The molecular weight excluding hydrogens is 394 g/mol. The van der Waals surface area contributed by atoms with E-state index in [1.807, 2.05) is 16.7 Å². The number of pyridine rings is 1. The fourth-order valence-electron chi connectivity index (χ4n) is 2.61. The normalized spacial score (nSPS) is 14.6. The second-order valence-corrected chi connectivity index (χ2v) is 8.99. The molecule has 0 unspecified atom stereocenters. The molecule has 0 spiro atoms. The Morgan fingerprint density at radius 3 is 2.44 bits per heavy atom. The minimum atomic E-state index is -4.59. The lowest BCUT2D eigenvalue weighted by molar-refractivity contribution is 0.234. The zero-order valence-electron chi connectivity index (χ0n) is 13.9. The van der Waals surface area contributed by atoms with Crippen LogP contribution in [0, 0.1) is 0 Å². The molecule has 1 aliphatic carbocycles. The SMILES string of the molecule is O=S(=O)(c1ccc(Sc2nnc(-c3cccnc3)n2C2CC2)cc1)C(F)F. The molecule has 0 radical (unpaired) electrons. The van der Waals surface area contributed by atoms with Crippen molar-refractivity contribution >= 4 is 21.6 Å².